The van der Waals surface area contributed by atoms with E-state index in [0.29, 0.717) is 6.54 Å². The third-order valence-corrected chi connectivity index (χ3v) is 2.46. The second-order valence-electron chi connectivity index (χ2n) is 3.52. The van der Waals surface area contributed by atoms with Crippen LogP contribution in [-0.4, -0.2) is 17.6 Å². The number of benzene rings is 1. The third kappa shape index (κ3) is 2.94. The Morgan fingerprint density at radius 3 is 2.81 bits per heavy atom. The van der Waals surface area contributed by atoms with Crippen molar-refractivity contribution in [3.8, 4) is 0 Å². The van der Waals surface area contributed by atoms with E-state index in [9.17, 15) is 9.90 Å². The number of hydrogen-bond donors (Lipinski definition) is 2. The molecule has 0 bridgehead atoms. The molecule has 0 fully saturated rings. The van der Waals surface area contributed by atoms with Crippen molar-refractivity contribution in [1.29, 1.82) is 0 Å². The molecule has 0 saturated heterocycles. The molecule has 1 aromatic rings. The average Bonchev–Trinajstić information content (AvgIpc) is 2.29. The smallest absolute Gasteiger partial charge is 0.325 e. The Bertz CT molecular complexity index is 374. The van der Waals surface area contributed by atoms with E-state index in [4.69, 9.17) is 0 Å². The molecule has 0 aliphatic heterocycles. The van der Waals surface area contributed by atoms with Crippen molar-refractivity contribution in [2.24, 2.45) is 0 Å². The SMILES string of the molecule is C=CCNC(C(=O)O)c1ccccc1CC. The van der Waals surface area contributed by atoms with Crippen LogP contribution in [0, 0.1) is 0 Å². The first kappa shape index (κ1) is 12.5. The Kier molecular flexibility index (Phi) is 4.73. The Labute approximate surface area is 95.8 Å². The van der Waals surface area contributed by atoms with Crippen LogP contribution in [0.25, 0.3) is 0 Å². The minimum atomic E-state index is -0.859. The van der Waals surface area contributed by atoms with E-state index in [1.165, 1.54) is 0 Å². The van der Waals surface area contributed by atoms with Gasteiger partial charge in [0.25, 0.3) is 0 Å². The number of hydrogen-bond acceptors (Lipinski definition) is 2. The molecule has 3 nitrogen and oxygen atoms in total. The normalized spacial score (nSPS) is 12.1. The van der Waals surface area contributed by atoms with Gasteiger partial charge in [-0.15, -0.1) is 6.58 Å². The summed E-state index contributed by atoms with van der Waals surface area (Å²) in [5.74, 6) is -0.859. The summed E-state index contributed by atoms with van der Waals surface area (Å²) in [4.78, 5) is 11.2. The maximum Gasteiger partial charge on any atom is 0.325 e. The van der Waals surface area contributed by atoms with Crippen molar-refractivity contribution >= 4 is 5.97 Å². The molecular formula is C13H17NO2. The molecule has 0 spiro atoms. The molecule has 0 heterocycles. The Morgan fingerprint density at radius 2 is 2.25 bits per heavy atom. The second-order valence-corrected chi connectivity index (χ2v) is 3.52. The Balaban J connectivity index is 2.99. The molecule has 1 aromatic carbocycles. The number of carbonyl (C=O) groups is 1. The summed E-state index contributed by atoms with van der Waals surface area (Å²) in [7, 11) is 0. The summed E-state index contributed by atoms with van der Waals surface area (Å²) in [5, 5.41) is 12.1. The molecule has 3 heteroatoms. The van der Waals surface area contributed by atoms with E-state index >= 15 is 0 Å². The third-order valence-electron chi connectivity index (χ3n) is 2.46. The molecule has 0 radical (unpaired) electrons. The molecule has 0 aliphatic rings. The van der Waals surface area contributed by atoms with Crippen LogP contribution in [0.1, 0.15) is 24.1 Å². The lowest BCUT2D eigenvalue weighted by Gasteiger charge is -2.16. The van der Waals surface area contributed by atoms with Crippen molar-refractivity contribution < 1.29 is 9.90 Å². The predicted octanol–water partition coefficient (Wildman–Crippen LogP) is 2.15. The lowest BCUT2D eigenvalue weighted by Crippen LogP contribution is -2.29. The van der Waals surface area contributed by atoms with Crippen LogP contribution in [-0.2, 0) is 11.2 Å². The fraction of sp³-hybridized carbons (Fsp3) is 0.308. The zero-order valence-corrected chi connectivity index (χ0v) is 9.44. The first-order valence-corrected chi connectivity index (χ1v) is 5.35. The maximum absolute atomic E-state index is 11.2. The fourth-order valence-corrected chi connectivity index (χ4v) is 1.67. The molecule has 0 aromatic heterocycles. The van der Waals surface area contributed by atoms with E-state index in [0.717, 1.165) is 17.5 Å². The zero-order valence-electron chi connectivity index (χ0n) is 9.44. The lowest BCUT2D eigenvalue weighted by molar-refractivity contribution is -0.139. The van der Waals surface area contributed by atoms with Crippen molar-refractivity contribution in [2.75, 3.05) is 6.54 Å². The van der Waals surface area contributed by atoms with E-state index in [1.54, 1.807) is 6.08 Å². The van der Waals surface area contributed by atoms with Gasteiger partial charge in [-0.25, -0.2) is 0 Å². The summed E-state index contributed by atoms with van der Waals surface area (Å²) in [5.41, 5.74) is 1.89. The van der Waals surface area contributed by atoms with Gasteiger partial charge in [-0.3, -0.25) is 10.1 Å². The van der Waals surface area contributed by atoms with Crippen LogP contribution in [0.4, 0.5) is 0 Å². The largest absolute Gasteiger partial charge is 0.480 e. The van der Waals surface area contributed by atoms with E-state index in [1.807, 2.05) is 31.2 Å². The first-order chi connectivity index (χ1) is 7.70. The number of nitrogens with one attached hydrogen (secondary N) is 1. The molecule has 1 rings (SSSR count). The molecule has 1 atom stereocenters. The molecule has 0 saturated carbocycles. The van der Waals surface area contributed by atoms with Crippen molar-refractivity contribution in [1.82, 2.24) is 5.32 Å². The van der Waals surface area contributed by atoms with Crippen LogP contribution < -0.4 is 5.32 Å². The van der Waals surface area contributed by atoms with Gasteiger partial charge in [-0.2, -0.15) is 0 Å². The van der Waals surface area contributed by atoms with Gasteiger partial charge in [0.2, 0.25) is 0 Å². The highest BCUT2D eigenvalue weighted by molar-refractivity contribution is 5.76. The molecule has 0 amide bonds. The predicted molar refractivity (Wildman–Crippen MR) is 64.4 cm³/mol. The minimum absolute atomic E-state index is 0.481. The summed E-state index contributed by atoms with van der Waals surface area (Å²) in [6.45, 7) is 6.07. The highest BCUT2D eigenvalue weighted by atomic mass is 16.4. The van der Waals surface area contributed by atoms with Crippen LogP contribution in [0.2, 0.25) is 0 Å². The molecule has 86 valence electrons. The van der Waals surface area contributed by atoms with Crippen LogP contribution in [0.15, 0.2) is 36.9 Å². The van der Waals surface area contributed by atoms with Crippen molar-refractivity contribution in [2.45, 2.75) is 19.4 Å². The Morgan fingerprint density at radius 1 is 1.56 bits per heavy atom. The molecule has 1 unspecified atom stereocenters. The fourth-order valence-electron chi connectivity index (χ4n) is 1.67. The van der Waals surface area contributed by atoms with E-state index in [-0.39, 0.29) is 0 Å². The molecule has 0 aliphatic carbocycles. The molecule has 16 heavy (non-hydrogen) atoms. The van der Waals surface area contributed by atoms with Gasteiger partial charge in [0.1, 0.15) is 6.04 Å². The van der Waals surface area contributed by atoms with Crippen LogP contribution in [0.5, 0.6) is 0 Å². The van der Waals surface area contributed by atoms with Crippen molar-refractivity contribution in [3.05, 3.63) is 48.0 Å². The monoisotopic (exact) mass is 219 g/mol. The van der Waals surface area contributed by atoms with Crippen LogP contribution >= 0.6 is 0 Å². The van der Waals surface area contributed by atoms with Gasteiger partial charge in [0.15, 0.2) is 0 Å². The average molecular weight is 219 g/mol. The number of aryl methyl sites for hydroxylation is 1. The molecular weight excluding hydrogens is 202 g/mol. The molecule has 2 N–H and O–H groups in total. The van der Waals surface area contributed by atoms with Gasteiger partial charge in [0, 0.05) is 6.54 Å². The number of aliphatic carboxylic acids is 1. The van der Waals surface area contributed by atoms with Gasteiger partial charge in [0.05, 0.1) is 0 Å². The second kappa shape index (κ2) is 6.08. The van der Waals surface area contributed by atoms with Gasteiger partial charge in [-0.1, -0.05) is 37.3 Å². The number of rotatable bonds is 6. The summed E-state index contributed by atoms with van der Waals surface area (Å²) < 4.78 is 0. The number of carboxylic acids is 1. The lowest BCUT2D eigenvalue weighted by atomic mass is 9.98. The highest BCUT2D eigenvalue weighted by Gasteiger charge is 2.20. The summed E-state index contributed by atoms with van der Waals surface area (Å²) in [6, 6.07) is 6.94. The summed E-state index contributed by atoms with van der Waals surface area (Å²) in [6.07, 6.45) is 2.49. The van der Waals surface area contributed by atoms with E-state index < -0.39 is 12.0 Å². The summed E-state index contributed by atoms with van der Waals surface area (Å²) >= 11 is 0. The van der Waals surface area contributed by atoms with E-state index in [2.05, 4.69) is 11.9 Å². The van der Waals surface area contributed by atoms with Crippen molar-refractivity contribution in [3.63, 3.8) is 0 Å². The highest BCUT2D eigenvalue weighted by Crippen LogP contribution is 2.18. The van der Waals surface area contributed by atoms with Gasteiger partial charge < -0.3 is 5.11 Å². The quantitative estimate of drug-likeness (QED) is 0.721. The standard InChI is InChI=1S/C13H17NO2/c1-3-9-14-12(13(15)16)11-8-6-5-7-10(11)4-2/h3,5-8,12,14H,1,4,9H2,2H3,(H,15,16). The van der Waals surface area contributed by atoms with Gasteiger partial charge >= 0.3 is 5.97 Å². The van der Waals surface area contributed by atoms with Gasteiger partial charge in [-0.05, 0) is 17.5 Å². The topological polar surface area (TPSA) is 49.3 Å². The minimum Gasteiger partial charge on any atom is -0.480 e. The maximum atomic E-state index is 11.2. The Hall–Kier alpha value is -1.61. The first-order valence-electron chi connectivity index (χ1n) is 5.35. The number of carboxylic acid groups (broad SMARTS) is 1. The van der Waals surface area contributed by atoms with Crippen LogP contribution in [0.3, 0.4) is 0 Å². The zero-order chi connectivity index (χ0) is 12.0.